The van der Waals surface area contributed by atoms with E-state index >= 15 is 0 Å². The van der Waals surface area contributed by atoms with E-state index in [0.717, 1.165) is 28.0 Å². The number of benzene rings is 2. The minimum Gasteiger partial charge on any atom is -0.486 e. The van der Waals surface area contributed by atoms with Crippen molar-refractivity contribution in [3.8, 4) is 11.5 Å². The van der Waals surface area contributed by atoms with Gasteiger partial charge in [-0.15, -0.1) is 0 Å². The van der Waals surface area contributed by atoms with Crippen LogP contribution in [0.5, 0.6) is 11.5 Å². The van der Waals surface area contributed by atoms with Crippen molar-refractivity contribution in [2.45, 2.75) is 6.54 Å². The van der Waals surface area contributed by atoms with E-state index < -0.39 is 0 Å². The molecule has 1 aromatic heterocycles. The molecule has 5 heteroatoms. The van der Waals surface area contributed by atoms with E-state index in [1.54, 1.807) is 11.9 Å². The Morgan fingerprint density at radius 3 is 2.71 bits per heavy atom. The molecule has 3 aromatic rings. The summed E-state index contributed by atoms with van der Waals surface area (Å²) in [6.07, 6.45) is 0. The minimum atomic E-state index is -0.0407. The standard InChI is InChI=1S/C19H18N2O3/c1-21(12-13-6-7-17-18(10-13)24-9-8-23-17)19(22)16-11-14-4-2-3-5-15(14)20-16/h2-7,10-11,20H,8-9,12H2,1H3. The number of nitrogens with zero attached hydrogens (tertiary/aromatic N) is 1. The Labute approximate surface area is 139 Å². The van der Waals surface area contributed by atoms with Crippen molar-refractivity contribution in [3.63, 3.8) is 0 Å². The van der Waals surface area contributed by atoms with E-state index in [4.69, 9.17) is 9.47 Å². The van der Waals surface area contributed by atoms with E-state index in [2.05, 4.69) is 4.98 Å². The topological polar surface area (TPSA) is 54.6 Å². The molecule has 122 valence electrons. The number of hydrogen-bond donors (Lipinski definition) is 1. The van der Waals surface area contributed by atoms with Crippen LogP contribution in [0.25, 0.3) is 10.9 Å². The van der Waals surface area contributed by atoms with E-state index in [1.807, 2.05) is 48.5 Å². The SMILES string of the molecule is CN(Cc1ccc2c(c1)OCCO2)C(=O)c1cc2ccccc2[nH]1. The zero-order valence-electron chi connectivity index (χ0n) is 13.4. The van der Waals surface area contributed by atoms with Crippen LogP contribution >= 0.6 is 0 Å². The number of para-hydroxylation sites is 1. The molecule has 1 amide bonds. The van der Waals surface area contributed by atoms with Gasteiger partial charge in [-0.1, -0.05) is 24.3 Å². The first-order valence-electron chi connectivity index (χ1n) is 7.92. The normalized spacial score (nSPS) is 13.0. The number of carbonyl (C=O) groups is 1. The summed E-state index contributed by atoms with van der Waals surface area (Å²) in [7, 11) is 1.80. The second kappa shape index (κ2) is 5.92. The van der Waals surface area contributed by atoms with Crippen molar-refractivity contribution < 1.29 is 14.3 Å². The predicted molar refractivity (Wildman–Crippen MR) is 91.5 cm³/mol. The summed E-state index contributed by atoms with van der Waals surface area (Å²) in [6.45, 7) is 1.64. The van der Waals surface area contributed by atoms with Gasteiger partial charge in [0, 0.05) is 24.5 Å². The number of aromatic amines is 1. The van der Waals surface area contributed by atoms with Crippen LogP contribution in [0.3, 0.4) is 0 Å². The molecule has 0 atom stereocenters. The number of fused-ring (bicyclic) bond motifs is 2. The van der Waals surface area contributed by atoms with Crippen LogP contribution in [0.4, 0.5) is 0 Å². The van der Waals surface area contributed by atoms with Gasteiger partial charge < -0.3 is 19.4 Å². The lowest BCUT2D eigenvalue weighted by Crippen LogP contribution is -2.26. The summed E-state index contributed by atoms with van der Waals surface area (Å²) in [4.78, 5) is 17.5. The zero-order valence-corrected chi connectivity index (χ0v) is 13.4. The van der Waals surface area contributed by atoms with Gasteiger partial charge in [0.1, 0.15) is 18.9 Å². The van der Waals surface area contributed by atoms with Crippen LogP contribution < -0.4 is 9.47 Å². The molecule has 5 nitrogen and oxygen atoms in total. The van der Waals surface area contributed by atoms with Crippen molar-refractivity contribution in [2.24, 2.45) is 0 Å². The molecule has 2 heterocycles. The molecule has 0 aliphatic carbocycles. The average molecular weight is 322 g/mol. The Morgan fingerprint density at radius 1 is 1.08 bits per heavy atom. The number of rotatable bonds is 3. The van der Waals surface area contributed by atoms with E-state index in [-0.39, 0.29) is 5.91 Å². The van der Waals surface area contributed by atoms with Gasteiger partial charge in [-0.05, 0) is 29.8 Å². The van der Waals surface area contributed by atoms with E-state index in [1.165, 1.54) is 0 Å². The summed E-state index contributed by atoms with van der Waals surface area (Å²) >= 11 is 0. The monoisotopic (exact) mass is 322 g/mol. The molecule has 0 spiro atoms. The molecule has 0 saturated carbocycles. The van der Waals surface area contributed by atoms with Gasteiger partial charge in [-0.25, -0.2) is 0 Å². The molecule has 1 aliphatic heterocycles. The maximum absolute atomic E-state index is 12.6. The smallest absolute Gasteiger partial charge is 0.270 e. The minimum absolute atomic E-state index is 0.0407. The summed E-state index contributed by atoms with van der Waals surface area (Å²) in [5, 5.41) is 1.04. The molecule has 4 rings (SSSR count). The lowest BCUT2D eigenvalue weighted by molar-refractivity contribution is 0.0780. The fourth-order valence-corrected chi connectivity index (χ4v) is 2.93. The Hall–Kier alpha value is -2.95. The molecule has 1 aliphatic rings. The molecule has 0 radical (unpaired) electrons. The third-order valence-corrected chi connectivity index (χ3v) is 4.13. The Kier molecular flexibility index (Phi) is 3.61. The lowest BCUT2D eigenvalue weighted by atomic mass is 10.1. The fourth-order valence-electron chi connectivity index (χ4n) is 2.93. The van der Waals surface area contributed by atoms with Crippen molar-refractivity contribution in [3.05, 3.63) is 59.8 Å². The quantitative estimate of drug-likeness (QED) is 0.805. The first-order valence-corrected chi connectivity index (χ1v) is 7.92. The van der Waals surface area contributed by atoms with Crippen LogP contribution in [-0.2, 0) is 6.54 Å². The Bertz CT molecular complexity index is 868. The molecule has 1 N–H and O–H groups in total. The number of carbonyl (C=O) groups excluding carboxylic acids is 1. The predicted octanol–water partition coefficient (Wildman–Crippen LogP) is 3.21. The van der Waals surface area contributed by atoms with Gasteiger partial charge in [0.05, 0.1) is 0 Å². The molecular weight excluding hydrogens is 304 g/mol. The fraction of sp³-hybridized carbons (Fsp3) is 0.211. The average Bonchev–Trinajstić information content (AvgIpc) is 3.05. The molecule has 0 saturated heterocycles. The third kappa shape index (κ3) is 2.69. The Balaban J connectivity index is 1.52. The van der Waals surface area contributed by atoms with Crippen LogP contribution in [0, 0.1) is 0 Å². The van der Waals surface area contributed by atoms with Gasteiger partial charge in [-0.2, -0.15) is 0 Å². The first-order chi connectivity index (χ1) is 11.7. The van der Waals surface area contributed by atoms with Crippen molar-refractivity contribution in [2.75, 3.05) is 20.3 Å². The summed E-state index contributed by atoms with van der Waals surface area (Å²) in [5.74, 6) is 1.46. The lowest BCUT2D eigenvalue weighted by Gasteiger charge is -2.21. The summed E-state index contributed by atoms with van der Waals surface area (Å²) in [6, 6.07) is 15.5. The number of nitrogens with one attached hydrogen (secondary N) is 1. The Morgan fingerprint density at radius 2 is 1.88 bits per heavy atom. The van der Waals surface area contributed by atoms with Gasteiger partial charge in [-0.3, -0.25) is 4.79 Å². The third-order valence-electron chi connectivity index (χ3n) is 4.13. The maximum Gasteiger partial charge on any atom is 0.270 e. The second-order valence-electron chi connectivity index (χ2n) is 5.91. The number of ether oxygens (including phenoxy) is 2. The highest BCUT2D eigenvalue weighted by Crippen LogP contribution is 2.31. The van der Waals surface area contributed by atoms with Crippen LogP contribution in [-0.4, -0.2) is 36.1 Å². The van der Waals surface area contributed by atoms with Gasteiger partial charge in [0.25, 0.3) is 5.91 Å². The van der Waals surface area contributed by atoms with Crippen LogP contribution in [0.2, 0.25) is 0 Å². The number of hydrogen-bond acceptors (Lipinski definition) is 3. The number of H-pyrrole nitrogens is 1. The summed E-state index contributed by atoms with van der Waals surface area (Å²) in [5.41, 5.74) is 2.57. The zero-order chi connectivity index (χ0) is 16.5. The molecular formula is C19H18N2O3. The van der Waals surface area contributed by atoms with E-state index in [0.29, 0.717) is 25.5 Å². The first kappa shape index (κ1) is 14.6. The number of aromatic nitrogens is 1. The van der Waals surface area contributed by atoms with Crippen molar-refractivity contribution >= 4 is 16.8 Å². The maximum atomic E-state index is 12.6. The van der Waals surface area contributed by atoms with Gasteiger partial charge in [0.2, 0.25) is 0 Å². The highest BCUT2D eigenvalue weighted by molar-refractivity contribution is 5.97. The second-order valence-corrected chi connectivity index (χ2v) is 5.91. The summed E-state index contributed by atoms with van der Waals surface area (Å²) < 4.78 is 11.1. The number of amides is 1. The highest BCUT2D eigenvalue weighted by Gasteiger charge is 2.17. The van der Waals surface area contributed by atoms with Crippen LogP contribution in [0.1, 0.15) is 16.1 Å². The van der Waals surface area contributed by atoms with Gasteiger partial charge in [0.15, 0.2) is 11.5 Å². The molecule has 0 bridgehead atoms. The van der Waals surface area contributed by atoms with Crippen LogP contribution in [0.15, 0.2) is 48.5 Å². The molecule has 24 heavy (non-hydrogen) atoms. The highest BCUT2D eigenvalue weighted by atomic mass is 16.6. The molecule has 2 aromatic carbocycles. The van der Waals surface area contributed by atoms with E-state index in [9.17, 15) is 4.79 Å². The van der Waals surface area contributed by atoms with Gasteiger partial charge >= 0.3 is 0 Å². The largest absolute Gasteiger partial charge is 0.486 e. The van der Waals surface area contributed by atoms with Crippen molar-refractivity contribution in [1.29, 1.82) is 0 Å². The van der Waals surface area contributed by atoms with Crippen molar-refractivity contribution in [1.82, 2.24) is 9.88 Å². The molecule has 0 fully saturated rings. The molecule has 0 unspecified atom stereocenters.